The van der Waals surface area contributed by atoms with Gasteiger partial charge in [-0.2, -0.15) is 4.31 Å². The molecule has 19 heavy (non-hydrogen) atoms. The molecule has 1 unspecified atom stereocenters. The summed E-state index contributed by atoms with van der Waals surface area (Å²) in [5.74, 6) is 0. The van der Waals surface area contributed by atoms with Gasteiger partial charge in [-0.15, -0.1) is 0 Å². The minimum absolute atomic E-state index is 0.0104. The van der Waals surface area contributed by atoms with Gasteiger partial charge in [0.2, 0.25) is 10.0 Å². The highest BCUT2D eigenvalue weighted by atomic mass is 35.5. The molecule has 6 nitrogen and oxygen atoms in total. The van der Waals surface area contributed by atoms with Crippen LogP contribution in [0.2, 0.25) is 5.02 Å². The molecule has 1 atom stereocenters. The van der Waals surface area contributed by atoms with Gasteiger partial charge in [0.15, 0.2) is 0 Å². The summed E-state index contributed by atoms with van der Waals surface area (Å²) in [6, 6.07) is 3.65. The molecule has 8 heteroatoms. The number of aliphatic hydroxyl groups is 1. The maximum Gasteiger partial charge on any atom is 0.245 e. The maximum absolute atomic E-state index is 12.5. The molecule has 0 bridgehead atoms. The lowest BCUT2D eigenvalue weighted by atomic mass is 10.3. The van der Waals surface area contributed by atoms with E-state index in [2.05, 4.69) is 0 Å². The first-order valence-electron chi connectivity index (χ1n) is 5.72. The van der Waals surface area contributed by atoms with Crippen molar-refractivity contribution in [2.45, 2.75) is 10.9 Å². The lowest BCUT2D eigenvalue weighted by Gasteiger charge is -2.33. The van der Waals surface area contributed by atoms with E-state index in [9.17, 15) is 13.5 Å². The fraction of sp³-hybridized carbons (Fsp3) is 0.455. The molecule has 0 spiro atoms. The number of nitrogens with zero attached hydrogens (tertiary/aromatic N) is 1. The highest BCUT2D eigenvalue weighted by Gasteiger charge is 2.34. The van der Waals surface area contributed by atoms with Gasteiger partial charge in [0.25, 0.3) is 0 Å². The SMILES string of the molecule is Nc1ccc(S(=O)(=O)N2CCOCC2CO)c(Cl)c1. The van der Waals surface area contributed by atoms with Crippen LogP contribution in [0, 0.1) is 0 Å². The van der Waals surface area contributed by atoms with E-state index in [1.807, 2.05) is 0 Å². The molecule has 3 N–H and O–H groups in total. The van der Waals surface area contributed by atoms with Crippen LogP contribution in [0.25, 0.3) is 0 Å². The van der Waals surface area contributed by atoms with Crippen molar-refractivity contribution in [1.82, 2.24) is 4.31 Å². The van der Waals surface area contributed by atoms with E-state index in [4.69, 9.17) is 22.1 Å². The summed E-state index contributed by atoms with van der Waals surface area (Å²) in [7, 11) is -3.76. The van der Waals surface area contributed by atoms with E-state index in [0.717, 1.165) is 0 Å². The zero-order valence-corrected chi connectivity index (χ0v) is 11.7. The van der Waals surface area contributed by atoms with Gasteiger partial charge in [0.05, 0.1) is 30.9 Å². The molecule has 1 aromatic rings. The first-order chi connectivity index (χ1) is 8.96. The van der Waals surface area contributed by atoms with Crippen LogP contribution in [-0.4, -0.2) is 50.2 Å². The van der Waals surface area contributed by atoms with Crippen LogP contribution in [0.1, 0.15) is 0 Å². The Hall–Kier alpha value is -0.860. The Bertz CT molecular complexity index is 564. The molecule has 1 aliphatic rings. The predicted molar refractivity (Wildman–Crippen MR) is 71.4 cm³/mol. The number of rotatable bonds is 3. The smallest absolute Gasteiger partial charge is 0.245 e. The third-order valence-electron chi connectivity index (χ3n) is 2.93. The summed E-state index contributed by atoms with van der Waals surface area (Å²) < 4.78 is 31.4. The number of hydrogen-bond donors (Lipinski definition) is 2. The minimum atomic E-state index is -3.76. The highest BCUT2D eigenvalue weighted by Crippen LogP contribution is 2.28. The minimum Gasteiger partial charge on any atom is -0.399 e. The average Bonchev–Trinajstić information content (AvgIpc) is 2.38. The van der Waals surface area contributed by atoms with Crippen molar-refractivity contribution in [3.05, 3.63) is 23.2 Å². The van der Waals surface area contributed by atoms with Crippen LogP contribution in [0.15, 0.2) is 23.1 Å². The number of halogens is 1. The zero-order chi connectivity index (χ0) is 14.0. The normalized spacial score (nSPS) is 21.5. The summed E-state index contributed by atoms with van der Waals surface area (Å²) in [6.45, 7) is 0.352. The summed E-state index contributed by atoms with van der Waals surface area (Å²) in [6.07, 6.45) is 0. The molecule has 0 radical (unpaired) electrons. The van der Waals surface area contributed by atoms with Gasteiger partial charge in [0, 0.05) is 12.2 Å². The van der Waals surface area contributed by atoms with E-state index < -0.39 is 16.1 Å². The number of benzene rings is 1. The van der Waals surface area contributed by atoms with Crippen LogP contribution >= 0.6 is 11.6 Å². The fourth-order valence-corrected chi connectivity index (χ4v) is 4.07. The van der Waals surface area contributed by atoms with E-state index in [0.29, 0.717) is 12.3 Å². The first kappa shape index (κ1) is 14.5. The largest absolute Gasteiger partial charge is 0.399 e. The third kappa shape index (κ3) is 2.85. The van der Waals surface area contributed by atoms with Crippen molar-refractivity contribution in [2.75, 3.05) is 32.1 Å². The second-order valence-electron chi connectivity index (χ2n) is 4.22. The average molecular weight is 307 g/mol. The molecule has 2 rings (SSSR count). The molecule has 1 aliphatic heterocycles. The monoisotopic (exact) mass is 306 g/mol. The van der Waals surface area contributed by atoms with Crippen molar-refractivity contribution >= 4 is 27.3 Å². The van der Waals surface area contributed by atoms with E-state index in [1.54, 1.807) is 0 Å². The molecule has 0 aromatic heterocycles. The number of morpholine rings is 1. The molecular formula is C11H15ClN2O4S. The molecule has 106 valence electrons. The number of nitrogen functional groups attached to an aromatic ring is 1. The Kier molecular flexibility index (Phi) is 4.32. The number of anilines is 1. The number of ether oxygens (including phenoxy) is 1. The van der Waals surface area contributed by atoms with E-state index in [1.165, 1.54) is 22.5 Å². The van der Waals surface area contributed by atoms with Crippen molar-refractivity contribution in [1.29, 1.82) is 0 Å². The quantitative estimate of drug-likeness (QED) is 0.784. The van der Waals surface area contributed by atoms with Crippen molar-refractivity contribution < 1.29 is 18.3 Å². The van der Waals surface area contributed by atoms with Gasteiger partial charge in [-0.1, -0.05) is 11.6 Å². The third-order valence-corrected chi connectivity index (χ3v) is 5.36. The molecule has 0 saturated carbocycles. The van der Waals surface area contributed by atoms with E-state index >= 15 is 0 Å². The van der Waals surface area contributed by atoms with Crippen LogP contribution in [0.4, 0.5) is 5.69 Å². The van der Waals surface area contributed by atoms with Gasteiger partial charge in [-0.25, -0.2) is 8.42 Å². The Morgan fingerprint density at radius 3 is 2.89 bits per heavy atom. The Balaban J connectivity index is 2.40. The van der Waals surface area contributed by atoms with Gasteiger partial charge in [-0.05, 0) is 18.2 Å². The topological polar surface area (TPSA) is 92.9 Å². The lowest BCUT2D eigenvalue weighted by Crippen LogP contribution is -2.50. The van der Waals surface area contributed by atoms with Crippen LogP contribution in [0.5, 0.6) is 0 Å². The van der Waals surface area contributed by atoms with Gasteiger partial charge < -0.3 is 15.6 Å². The summed E-state index contributed by atoms with van der Waals surface area (Å²) in [5, 5.41) is 9.32. The first-order valence-corrected chi connectivity index (χ1v) is 7.54. The predicted octanol–water partition coefficient (Wildman–Crippen LogP) is 0.304. The Morgan fingerprint density at radius 2 is 2.26 bits per heavy atom. The zero-order valence-electron chi connectivity index (χ0n) is 10.1. The second-order valence-corrected chi connectivity index (χ2v) is 6.48. The van der Waals surface area contributed by atoms with Crippen LogP contribution < -0.4 is 5.73 Å². The number of hydrogen-bond acceptors (Lipinski definition) is 5. The molecule has 1 saturated heterocycles. The van der Waals surface area contributed by atoms with Gasteiger partial charge in [-0.3, -0.25) is 0 Å². The number of aliphatic hydroxyl groups excluding tert-OH is 1. The molecule has 1 aromatic carbocycles. The Morgan fingerprint density at radius 1 is 1.53 bits per heavy atom. The van der Waals surface area contributed by atoms with E-state index in [-0.39, 0.29) is 29.7 Å². The lowest BCUT2D eigenvalue weighted by molar-refractivity contribution is 0.0109. The van der Waals surface area contributed by atoms with Crippen molar-refractivity contribution in [3.63, 3.8) is 0 Å². The molecular weight excluding hydrogens is 292 g/mol. The van der Waals surface area contributed by atoms with Crippen LogP contribution in [-0.2, 0) is 14.8 Å². The van der Waals surface area contributed by atoms with Gasteiger partial charge in [0.1, 0.15) is 4.90 Å². The molecule has 1 fully saturated rings. The summed E-state index contributed by atoms with van der Waals surface area (Å²) >= 11 is 5.94. The second kappa shape index (κ2) is 5.64. The van der Waals surface area contributed by atoms with Gasteiger partial charge >= 0.3 is 0 Å². The molecule has 1 heterocycles. The highest BCUT2D eigenvalue weighted by molar-refractivity contribution is 7.89. The fourth-order valence-electron chi connectivity index (χ4n) is 1.95. The standard InChI is InChI=1S/C11H15ClN2O4S/c12-10-5-8(13)1-2-11(10)19(16,17)14-3-4-18-7-9(14)6-15/h1-2,5,9,15H,3-4,6-7,13H2. The molecule has 0 aliphatic carbocycles. The number of sulfonamides is 1. The summed E-state index contributed by atoms with van der Waals surface area (Å²) in [5.41, 5.74) is 5.94. The van der Waals surface area contributed by atoms with Crippen LogP contribution in [0.3, 0.4) is 0 Å². The van der Waals surface area contributed by atoms with Crippen molar-refractivity contribution in [2.24, 2.45) is 0 Å². The Labute approximate surface area is 116 Å². The maximum atomic E-state index is 12.5. The molecule has 0 amide bonds. The number of nitrogens with two attached hydrogens (primary N) is 1. The van der Waals surface area contributed by atoms with Crippen molar-refractivity contribution in [3.8, 4) is 0 Å². The summed E-state index contributed by atoms with van der Waals surface area (Å²) in [4.78, 5) is -0.0104.